The molecule has 2 aromatic heterocycles. The molecule has 186 valence electrons. The molecule has 35 heavy (non-hydrogen) atoms. The molecule has 1 aliphatic heterocycles. The van der Waals surface area contributed by atoms with Gasteiger partial charge in [-0.1, -0.05) is 31.1 Å². The normalized spacial score (nSPS) is 14.7. The molecule has 0 atom stereocenters. The number of hydrogen-bond donors (Lipinski definition) is 0. The van der Waals surface area contributed by atoms with Gasteiger partial charge >= 0.3 is 0 Å². The van der Waals surface area contributed by atoms with Crippen LogP contribution in [-0.4, -0.2) is 65.8 Å². The van der Waals surface area contributed by atoms with Crippen molar-refractivity contribution in [3.05, 3.63) is 54.0 Å². The maximum Gasteiger partial charge on any atom is 0.229 e. The summed E-state index contributed by atoms with van der Waals surface area (Å²) in [6.07, 6.45) is 1.99. The summed E-state index contributed by atoms with van der Waals surface area (Å²) in [5.41, 5.74) is 1.60. The van der Waals surface area contributed by atoms with Crippen molar-refractivity contribution < 1.29 is 17.7 Å². The molecule has 1 amide bonds. The second-order valence-electron chi connectivity index (χ2n) is 9.30. The van der Waals surface area contributed by atoms with Crippen molar-refractivity contribution in [2.75, 3.05) is 31.1 Å². The monoisotopic (exact) mass is 497 g/mol. The summed E-state index contributed by atoms with van der Waals surface area (Å²) in [5.74, 6) is 2.17. The molecule has 0 radical (unpaired) electrons. The van der Waals surface area contributed by atoms with E-state index < -0.39 is 15.1 Å². The fraction of sp³-hybridized carbons (Fsp3) is 0.440. The van der Waals surface area contributed by atoms with Crippen molar-refractivity contribution in [1.82, 2.24) is 20.0 Å². The molecule has 0 bridgehead atoms. The summed E-state index contributed by atoms with van der Waals surface area (Å²) in [7, 11) is -3.31. The first kappa shape index (κ1) is 24.8. The van der Waals surface area contributed by atoms with E-state index in [9.17, 15) is 13.2 Å². The number of benzene rings is 1. The van der Waals surface area contributed by atoms with E-state index in [0.29, 0.717) is 37.9 Å². The molecule has 1 saturated heterocycles. The van der Waals surface area contributed by atoms with Crippen molar-refractivity contribution >= 4 is 21.6 Å². The summed E-state index contributed by atoms with van der Waals surface area (Å²) < 4.78 is 29.8. The highest BCUT2D eigenvalue weighted by molar-refractivity contribution is 7.92. The van der Waals surface area contributed by atoms with Gasteiger partial charge in [0.15, 0.2) is 9.84 Å². The first-order valence-corrected chi connectivity index (χ1v) is 13.4. The van der Waals surface area contributed by atoms with E-state index in [0.717, 1.165) is 16.9 Å². The number of anilines is 1. The number of amides is 1. The minimum Gasteiger partial charge on any atom is -0.353 e. The summed E-state index contributed by atoms with van der Waals surface area (Å²) in [6, 6.07) is 10.5. The van der Waals surface area contributed by atoms with E-state index in [-0.39, 0.29) is 23.1 Å². The van der Waals surface area contributed by atoms with Gasteiger partial charge in [0.1, 0.15) is 5.82 Å². The number of carbonyl (C=O) groups excluding carboxylic acids is 1. The fourth-order valence-corrected chi connectivity index (χ4v) is 4.89. The van der Waals surface area contributed by atoms with Crippen LogP contribution in [0.25, 0.3) is 11.4 Å². The van der Waals surface area contributed by atoms with Crippen LogP contribution in [0.1, 0.15) is 45.1 Å². The van der Waals surface area contributed by atoms with Crippen LogP contribution in [0.4, 0.5) is 5.82 Å². The Kier molecular flexibility index (Phi) is 7.20. The summed E-state index contributed by atoms with van der Waals surface area (Å²) in [6.45, 7) is 9.89. The first-order chi connectivity index (χ1) is 16.6. The Morgan fingerprint density at radius 2 is 1.69 bits per heavy atom. The summed E-state index contributed by atoms with van der Waals surface area (Å²) in [5, 5.41) is 3.55. The maximum atomic E-state index is 12.8. The highest BCUT2D eigenvalue weighted by Crippen LogP contribution is 2.22. The molecular formula is C25H31N5O4S. The zero-order chi connectivity index (χ0) is 25.2. The van der Waals surface area contributed by atoms with Gasteiger partial charge in [0.05, 0.1) is 16.6 Å². The SMILES string of the molecule is CC(C)c1nc(-c2ccc(N3CCN(C(=O)Cc4ccc(S(=O)(=O)C(C)C)cc4)CC3)nc2)no1. The standard InChI is InChI=1S/C25H31N5O4S/c1-17(2)25-27-24(28-34-25)20-7-10-22(26-16-20)29-11-13-30(14-12-29)23(31)15-19-5-8-21(9-6-19)35(32,33)18(3)4/h5-10,16-18H,11-15H2,1-4H3. The zero-order valence-electron chi connectivity index (χ0n) is 20.5. The number of hydrogen-bond acceptors (Lipinski definition) is 8. The Labute approximate surface area is 206 Å². The number of carbonyl (C=O) groups is 1. The third-order valence-electron chi connectivity index (χ3n) is 6.13. The van der Waals surface area contributed by atoms with Gasteiger partial charge < -0.3 is 14.3 Å². The molecule has 3 aromatic rings. The molecule has 0 unspecified atom stereocenters. The highest BCUT2D eigenvalue weighted by Gasteiger charge is 2.23. The van der Waals surface area contributed by atoms with Crippen LogP contribution in [-0.2, 0) is 21.1 Å². The van der Waals surface area contributed by atoms with Crippen molar-refractivity contribution in [1.29, 1.82) is 0 Å². The molecule has 1 fully saturated rings. The number of aromatic nitrogens is 3. The van der Waals surface area contributed by atoms with E-state index in [1.165, 1.54) is 0 Å². The molecule has 9 nitrogen and oxygen atoms in total. The van der Waals surface area contributed by atoms with Gasteiger partial charge in [-0.25, -0.2) is 13.4 Å². The number of piperazine rings is 1. The van der Waals surface area contributed by atoms with Crippen LogP contribution in [0.3, 0.4) is 0 Å². The quantitative estimate of drug-likeness (QED) is 0.489. The number of rotatable bonds is 7. The molecule has 0 N–H and O–H groups in total. The van der Waals surface area contributed by atoms with Crippen molar-refractivity contribution in [3.8, 4) is 11.4 Å². The molecule has 4 rings (SSSR count). The minimum absolute atomic E-state index is 0.0329. The van der Waals surface area contributed by atoms with E-state index in [1.807, 2.05) is 30.9 Å². The van der Waals surface area contributed by atoms with Crippen LogP contribution in [0.15, 0.2) is 52.0 Å². The maximum absolute atomic E-state index is 12.8. The molecule has 0 spiro atoms. The van der Waals surface area contributed by atoms with E-state index in [2.05, 4.69) is 20.0 Å². The fourth-order valence-electron chi connectivity index (χ4n) is 3.83. The molecule has 3 heterocycles. The predicted octanol–water partition coefficient (Wildman–Crippen LogP) is 3.33. The third kappa shape index (κ3) is 5.53. The second-order valence-corrected chi connectivity index (χ2v) is 11.8. The molecule has 0 saturated carbocycles. The largest absolute Gasteiger partial charge is 0.353 e. The van der Waals surface area contributed by atoms with Gasteiger partial charge in [0.2, 0.25) is 17.6 Å². The van der Waals surface area contributed by atoms with Gasteiger partial charge in [-0.2, -0.15) is 4.98 Å². The summed E-state index contributed by atoms with van der Waals surface area (Å²) >= 11 is 0. The van der Waals surface area contributed by atoms with E-state index in [4.69, 9.17) is 4.52 Å². The zero-order valence-corrected chi connectivity index (χ0v) is 21.3. The van der Waals surface area contributed by atoms with Gasteiger partial charge in [-0.15, -0.1) is 0 Å². The lowest BCUT2D eigenvalue weighted by molar-refractivity contribution is -0.130. The van der Waals surface area contributed by atoms with Gasteiger partial charge in [0.25, 0.3) is 0 Å². The molecular weight excluding hydrogens is 466 g/mol. The highest BCUT2D eigenvalue weighted by atomic mass is 32.2. The van der Waals surface area contributed by atoms with Crippen LogP contribution in [0, 0.1) is 0 Å². The Morgan fingerprint density at radius 1 is 1.00 bits per heavy atom. The molecule has 1 aliphatic rings. The van der Waals surface area contributed by atoms with Gasteiger partial charge in [-0.05, 0) is 43.7 Å². The van der Waals surface area contributed by atoms with Gasteiger partial charge in [0, 0.05) is 43.9 Å². The number of pyridine rings is 1. The number of sulfone groups is 1. The Balaban J connectivity index is 1.31. The Hall–Kier alpha value is -3.27. The van der Waals surface area contributed by atoms with Gasteiger partial charge in [-0.3, -0.25) is 4.79 Å². The predicted molar refractivity (Wildman–Crippen MR) is 133 cm³/mol. The molecule has 0 aliphatic carbocycles. The first-order valence-electron chi connectivity index (χ1n) is 11.8. The average Bonchev–Trinajstić information content (AvgIpc) is 3.35. The number of nitrogens with zero attached hydrogens (tertiary/aromatic N) is 5. The van der Waals surface area contributed by atoms with Crippen molar-refractivity contribution in [3.63, 3.8) is 0 Å². The second kappa shape index (κ2) is 10.2. The van der Waals surface area contributed by atoms with Crippen molar-refractivity contribution in [2.45, 2.75) is 50.2 Å². The average molecular weight is 498 g/mol. The lowest BCUT2D eigenvalue weighted by Gasteiger charge is -2.35. The lowest BCUT2D eigenvalue weighted by Crippen LogP contribution is -2.49. The van der Waals surface area contributed by atoms with Crippen LogP contribution in [0.2, 0.25) is 0 Å². The van der Waals surface area contributed by atoms with Crippen LogP contribution < -0.4 is 4.90 Å². The smallest absolute Gasteiger partial charge is 0.229 e. The molecule has 10 heteroatoms. The lowest BCUT2D eigenvalue weighted by atomic mass is 10.1. The van der Waals surface area contributed by atoms with Crippen LogP contribution >= 0.6 is 0 Å². The third-order valence-corrected chi connectivity index (χ3v) is 8.30. The van der Waals surface area contributed by atoms with Crippen molar-refractivity contribution in [2.24, 2.45) is 0 Å². The van der Waals surface area contributed by atoms with E-state index in [1.54, 1.807) is 44.3 Å². The summed E-state index contributed by atoms with van der Waals surface area (Å²) in [4.78, 5) is 26.0. The Bertz CT molecular complexity index is 1260. The van der Waals surface area contributed by atoms with Crippen LogP contribution in [0.5, 0.6) is 0 Å². The van der Waals surface area contributed by atoms with E-state index >= 15 is 0 Å². The minimum atomic E-state index is -3.31. The topological polar surface area (TPSA) is 110 Å². The molecule has 1 aromatic carbocycles. The Morgan fingerprint density at radius 3 is 2.23 bits per heavy atom.